The summed E-state index contributed by atoms with van der Waals surface area (Å²) in [5, 5.41) is 16.7. The Morgan fingerprint density at radius 1 is 1.26 bits per heavy atom. The van der Waals surface area contributed by atoms with Gasteiger partial charge in [-0.05, 0) is 29.8 Å². The molecule has 3 aromatic rings. The summed E-state index contributed by atoms with van der Waals surface area (Å²) in [5.41, 5.74) is 5.14. The number of hydrogen-bond acceptors (Lipinski definition) is 7. The maximum atomic E-state index is 10.0. The monoisotopic (exact) mass is 326 g/mol. The first-order valence-electron chi connectivity index (χ1n) is 6.78. The minimum absolute atomic E-state index is 0.126. The average molecular weight is 326 g/mol. The number of pyridine rings is 1. The van der Waals surface area contributed by atoms with Gasteiger partial charge >= 0.3 is 0 Å². The summed E-state index contributed by atoms with van der Waals surface area (Å²) >= 11 is 1.41. The maximum Gasteiger partial charge on any atom is 0.203 e. The highest BCUT2D eigenvalue weighted by molar-refractivity contribution is 7.14. The van der Waals surface area contributed by atoms with E-state index in [9.17, 15) is 5.11 Å². The zero-order valence-corrected chi connectivity index (χ0v) is 13.1. The lowest BCUT2D eigenvalue weighted by atomic mass is 10.1. The quantitative estimate of drug-likeness (QED) is 0.555. The largest absolute Gasteiger partial charge is 0.507 e. The smallest absolute Gasteiger partial charge is 0.203 e. The average Bonchev–Trinajstić information content (AvgIpc) is 3.04. The fourth-order valence-electron chi connectivity index (χ4n) is 1.92. The number of methoxy groups -OCH3 is 1. The molecule has 3 rings (SSSR count). The maximum absolute atomic E-state index is 10.0. The van der Waals surface area contributed by atoms with Crippen molar-refractivity contribution >= 4 is 22.7 Å². The van der Waals surface area contributed by atoms with Gasteiger partial charge in [0.25, 0.3) is 0 Å². The Balaban J connectivity index is 1.72. The van der Waals surface area contributed by atoms with E-state index in [1.54, 1.807) is 43.9 Å². The van der Waals surface area contributed by atoms with Crippen molar-refractivity contribution in [3.05, 3.63) is 53.7 Å². The Morgan fingerprint density at radius 2 is 2.09 bits per heavy atom. The number of nitrogens with zero attached hydrogens (tertiary/aromatic N) is 3. The highest BCUT2D eigenvalue weighted by atomic mass is 32.1. The summed E-state index contributed by atoms with van der Waals surface area (Å²) < 4.78 is 5.07. The molecule has 0 amide bonds. The van der Waals surface area contributed by atoms with Crippen molar-refractivity contribution in [3.8, 4) is 22.8 Å². The number of anilines is 1. The molecule has 0 atom stereocenters. The van der Waals surface area contributed by atoms with Crippen LogP contribution < -0.4 is 10.2 Å². The third-order valence-electron chi connectivity index (χ3n) is 3.06. The molecule has 116 valence electrons. The molecular weight excluding hydrogens is 312 g/mol. The molecule has 0 radical (unpaired) electrons. The van der Waals surface area contributed by atoms with Crippen LogP contribution in [0.4, 0.5) is 5.13 Å². The fourth-order valence-corrected chi connectivity index (χ4v) is 2.57. The molecule has 0 saturated carbocycles. The Kier molecular flexibility index (Phi) is 4.49. The molecule has 6 nitrogen and oxygen atoms in total. The molecule has 2 N–H and O–H groups in total. The third kappa shape index (κ3) is 3.64. The lowest BCUT2D eigenvalue weighted by Gasteiger charge is -2.04. The number of phenols is 1. The summed E-state index contributed by atoms with van der Waals surface area (Å²) in [4.78, 5) is 8.35. The zero-order valence-electron chi connectivity index (χ0n) is 12.3. The van der Waals surface area contributed by atoms with Gasteiger partial charge in [0, 0.05) is 29.4 Å². The van der Waals surface area contributed by atoms with Crippen molar-refractivity contribution in [3.63, 3.8) is 0 Å². The summed E-state index contributed by atoms with van der Waals surface area (Å²) in [6, 6.07) is 8.82. The second-order valence-corrected chi connectivity index (χ2v) is 5.43. The summed E-state index contributed by atoms with van der Waals surface area (Å²) in [6.07, 6.45) is 5.10. The minimum Gasteiger partial charge on any atom is -0.507 e. The molecule has 23 heavy (non-hydrogen) atoms. The van der Waals surface area contributed by atoms with Gasteiger partial charge in [0.2, 0.25) is 5.13 Å². The number of aromatic nitrogens is 2. The van der Waals surface area contributed by atoms with Crippen molar-refractivity contribution in [2.45, 2.75) is 0 Å². The van der Waals surface area contributed by atoms with Crippen LogP contribution in [0.5, 0.6) is 11.5 Å². The Bertz CT molecular complexity index is 818. The molecule has 0 bridgehead atoms. The SMILES string of the molecule is COc1ccc(-c2csc(N/N=C/c3ccncc3)n2)c(O)c1. The van der Waals surface area contributed by atoms with Crippen molar-refractivity contribution in [1.82, 2.24) is 9.97 Å². The van der Waals surface area contributed by atoms with E-state index in [4.69, 9.17) is 4.74 Å². The first kappa shape index (κ1) is 15.0. The molecule has 2 heterocycles. The van der Waals surface area contributed by atoms with E-state index in [-0.39, 0.29) is 5.75 Å². The van der Waals surface area contributed by atoms with E-state index < -0.39 is 0 Å². The van der Waals surface area contributed by atoms with E-state index in [0.717, 1.165) is 5.56 Å². The van der Waals surface area contributed by atoms with E-state index >= 15 is 0 Å². The zero-order chi connectivity index (χ0) is 16.1. The van der Waals surface area contributed by atoms with Crippen LogP contribution in [0.1, 0.15) is 5.56 Å². The fraction of sp³-hybridized carbons (Fsp3) is 0.0625. The highest BCUT2D eigenvalue weighted by Crippen LogP contribution is 2.33. The standard InChI is InChI=1S/C16H14N4O2S/c1-22-12-2-3-13(15(21)8-12)14-10-23-16(19-14)20-18-9-11-4-6-17-7-5-11/h2-10,21H,1H3,(H,19,20)/b18-9+. The van der Waals surface area contributed by atoms with Crippen molar-refractivity contribution in [1.29, 1.82) is 0 Å². The van der Waals surface area contributed by atoms with E-state index in [1.807, 2.05) is 17.5 Å². The van der Waals surface area contributed by atoms with Crippen LogP contribution >= 0.6 is 11.3 Å². The van der Waals surface area contributed by atoms with Crippen LogP contribution in [-0.2, 0) is 0 Å². The molecule has 0 saturated heterocycles. The van der Waals surface area contributed by atoms with E-state index in [2.05, 4.69) is 20.5 Å². The number of thiazole rings is 1. The number of ether oxygens (including phenoxy) is 1. The second-order valence-electron chi connectivity index (χ2n) is 4.57. The third-order valence-corrected chi connectivity index (χ3v) is 3.81. The van der Waals surface area contributed by atoms with Crippen LogP contribution in [0, 0.1) is 0 Å². The minimum atomic E-state index is 0.126. The number of hydrogen-bond donors (Lipinski definition) is 2. The van der Waals surface area contributed by atoms with Crippen molar-refractivity contribution in [2.75, 3.05) is 12.5 Å². The molecule has 0 fully saturated rings. The molecule has 0 aliphatic carbocycles. The van der Waals surface area contributed by atoms with Gasteiger partial charge in [-0.25, -0.2) is 4.98 Å². The highest BCUT2D eigenvalue weighted by Gasteiger charge is 2.09. The molecule has 7 heteroatoms. The first-order chi connectivity index (χ1) is 11.3. The summed E-state index contributed by atoms with van der Waals surface area (Å²) in [7, 11) is 1.56. The predicted octanol–water partition coefficient (Wildman–Crippen LogP) is 3.37. The van der Waals surface area contributed by atoms with Crippen LogP contribution in [0.3, 0.4) is 0 Å². The van der Waals surface area contributed by atoms with Gasteiger partial charge in [-0.1, -0.05) is 0 Å². The van der Waals surface area contributed by atoms with Crippen LogP contribution in [0.2, 0.25) is 0 Å². The number of rotatable bonds is 5. The summed E-state index contributed by atoms with van der Waals surface area (Å²) in [6.45, 7) is 0. The number of nitrogens with one attached hydrogen (secondary N) is 1. The number of aromatic hydroxyl groups is 1. The Morgan fingerprint density at radius 3 is 2.83 bits per heavy atom. The van der Waals surface area contributed by atoms with Gasteiger partial charge < -0.3 is 9.84 Å². The molecule has 0 aliphatic heterocycles. The molecule has 0 aliphatic rings. The Labute approximate surface area is 137 Å². The number of benzene rings is 1. The van der Waals surface area contributed by atoms with Crippen molar-refractivity contribution in [2.24, 2.45) is 5.10 Å². The first-order valence-corrected chi connectivity index (χ1v) is 7.66. The molecule has 0 unspecified atom stereocenters. The second kappa shape index (κ2) is 6.89. The Hall–Kier alpha value is -2.93. The van der Waals surface area contributed by atoms with Crippen LogP contribution in [0.25, 0.3) is 11.3 Å². The predicted molar refractivity (Wildman–Crippen MR) is 91.2 cm³/mol. The van der Waals surface area contributed by atoms with E-state index in [1.165, 1.54) is 11.3 Å². The number of phenolic OH excluding ortho intramolecular Hbond substituents is 1. The lowest BCUT2D eigenvalue weighted by Crippen LogP contribution is -1.90. The van der Waals surface area contributed by atoms with E-state index in [0.29, 0.717) is 22.1 Å². The summed E-state index contributed by atoms with van der Waals surface area (Å²) in [5.74, 6) is 0.725. The van der Waals surface area contributed by atoms with Gasteiger partial charge in [-0.3, -0.25) is 10.4 Å². The molecule has 0 spiro atoms. The van der Waals surface area contributed by atoms with Crippen LogP contribution in [-0.4, -0.2) is 28.4 Å². The number of hydrazone groups is 1. The van der Waals surface area contributed by atoms with Gasteiger partial charge in [0.1, 0.15) is 11.5 Å². The molecular formula is C16H14N4O2S. The van der Waals surface area contributed by atoms with Gasteiger partial charge in [0.15, 0.2) is 0 Å². The van der Waals surface area contributed by atoms with Gasteiger partial charge in [-0.2, -0.15) is 5.10 Å². The lowest BCUT2D eigenvalue weighted by molar-refractivity contribution is 0.408. The van der Waals surface area contributed by atoms with Gasteiger partial charge in [0.05, 0.1) is 19.0 Å². The molecule has 1 aromatic carbocycles. The van der Waals surface area contributed by atoms with Gasteiger partial charge in [-0.15, -0.1) is 11.3 Å². The van der Waals surface area contributed by atoms with Crippen LogP contribution in [0.15, 0.2) is 53.2 Å². The normalized spacial score (nSPS) is 10.8. The topological polar surface area (TPSA) is 79.6 Å². The molecule has 2 aromatic heterocycles. The van der Waals surface area contributed by atoms with Crippen molar-refractivity contribution < 1.29 is 9.84 Å².